The minimum absolute atomic E-state index is 0. The second kappa shape index (κ2) is 7.74. The lowest BCUT2D eigenvalue weighted by atomic mass is 10.1. The van der Waals surface area contributed by atoms with E-state index in [1.54, 1.807) is 0 Å². The number of carbonyl (C=O) groups is 1. The van der Waals surface area contributed by atoms with Crippen molar-refractivity contribution in [1.82, 2.24) is 10.3 Å². The number of pyridine rings is 1. The van der Waals surface area contributed by atoms with Crippen molar-refractivity contribution >= 4 is 28.9 Å². The molecule has 1 saturated carbocycles. The van der Waals surface area contributed by atoms with E-state index in [0.29, 0.717) is 24.2 Å². The van der Waals surface area contributed by atoms with Gasteiger partial charge < -0.3 is 16.4 Å². The molecule has 0 radical (unpaired) electrons. The number of rotatable bonds is 5. The molecule has 0 spiro atoms. The van der Waals surface area contributed by atoms with Gasteiger partial charge in [-0.15, -0.1) is 0 Å². The molecule has 1 heterocycles. The number of anilines is 2. The molecule has 1 fully saturated rings. The van der Waals surface area contributed by atoms with E-state index in [-0.39, 0.29) is 30.6 Å². The summed E-state index contributed by atoms with van der Waals surface area (Å²) in [5.74, 6) is -0.267. The van der Waals surface area contributed by atoms with Crippen molar-refractivity contribution in [2.45, 2.75) is 38.5 Å². The molecule has 2 aromatic rings. The highest BCUT2D eigenvalue weighted by Gasteiger charge is 2.45. The van der Waals surface area contributed by atoms with Crippen LogP contribution in [0.2, 0.25) is 5.02 Å². The summed E-state index contributed by atoms with van der Waals surface area (Å²) in [6.45, 7) is 0.0933. The third kappa shape index (κ3) is 4.90. The molecule has 146 valence electrons. The van der Waals surface area contributed by atoms with E-state index in [2.05, 4.69) is 15.6 Å². The Morgan fingerprint density at radius 3 is 2.56 bits per heavy atom. The van der Waals surface area contributed by atoms with Gasteiger partial charge >= 0.3 is 6.18 Å². The first kappa shape index (κ1) is 21.0. The van der Waals surface area contributed by atoms with Crippen molar-refractivity contribution in [3.8, 4) is 0 Å². The summed E-state index contributed by atoms with van der Waals surface area (Å²) in [4.78, 5) is 15.9. The van der Waals surface area contributed by atoms with Crippen molar-refractivity contribution in [2.75, 3.05) is 5.32 Å². The highest BCUT2D eigenvalue weighted by atomic mass is 35.5. The second-order valence-corrected chi connectivity index (χ2v) is 6.57. The highest BCUT2D eigenvalue weighted by Crippen LogP contribution is 2.36. The van der Waals surface area contributed by atoms with Gasteiger partial charge in [-0.2, -0.15) is 13.2 Å². The van der Waals surface area contributed by atoms with Crippen LogP contribution < -0.4 is 16.4 Å². The predicted octanol–water partition coefficient (Wildman–Crippen LogP) is 4.24. The minimum Gasteiger partial charge on any atom is -0.354 e. The normalized spacial score (nSPS) is 14.9. The Morgan fingerprint density at radius 1 is 1.30 bits per heavy atom. The zero-order valence-electron chi connectivity index (χ0n) is 13.5. The summed E-state index contributed by atoms with van der Waals surface area (Å²) in [5, 5.41) is 5.56. The smallest absolute Gasteiger partial charge is 0.354 e. The molecule has 4 N–H and O–H groups in total. The van der Waals surface area contributed by atoms with Crippen LogP contribution in [0.4, 0.5) is 24.5 Å². The lowest BCUT2D eigenvalue weighted by molar-refractivity contribution is -0.137. The van der Waals surface area contributed by atoms with Crippen LogP contribution in [0.5, 0.6) is 0 Å². The van der Waals surface area contributed by atoms with Gasteiger partial charge in [0.05, 0.1) is 45.9 Å². The molecule has 0 unspecified atom stereocenters. The molecule has 0 atom stereocenters. The molecule has 1 aromatic carbocycles. The molecule has 0 bridgehead atoms. The number of nitrogens with one attached hydrogen (secondary N) is 2. The molecule has 0 saturated heterocycles. The van der Waals surface area contributed by atoms with Crippen LogP contribution in [-0.2, 0) is 17.5 Å². The average molecular weight is 401 g/mol. The molecule has 1 aromatic heterocycles. The molecule has 0 aliphatic heterocycles. The number of carbonyl (C=O) groups excluding carboxylic acids is 1. The van der Waals surface area contributed by atoms with Crippen LogP contribution >= 0.6 is 11.6 Å². The third-order valence-corrected chi connectivity index (χ3v) is 4.41. The fourth-order valence-electron chi connectivity index (χ4n) is 2.36. The van der Waals surface area contributed by atoms with Gasteiger partial charge in [0.25, 0.3) is 0 Å². The van der Waals surface area contributed by atoms with Crippen molar-refractivity contribution in [2.24, 2.45) is 5.73 Å². The summed E-state index contributed by atoms with van der Waals surface area (Å²) >= 11 is 6.13. The van der Waals surface area contributed by atoms with Gasteiger partial charge in [0.2, 0.25) is 5.91 Å². The zero-order valence-corrected chi connectivity index (χ0v) is 14.3. The Hall–Kier alpha value is -2.32. The van der Waals surface area contributed by atoms with Gasteiger partial charge in [-0.3, -0.25) is 9.78 Å². The molecule has 1 aliphatic rings. The maximum Gasteiger partial charge on any atom is 0.418 e. The van der Waals surface area contributed by atoms with Crippen LogP contribution in [0.25, 0.3) is 0 Å². The van der Waals surface area contributed by atoms with E-state index in [1.165, 1.54) is 30.5 Å². The van der Waals surface area contributed by atoms with Crippen molar-refractivity contribution in [1.29, 1.82) is 0 Å². The highest BCUT2D eigenvalue weighted by molar-refractivity contribution is 6.31. The standard InChI is InChI=1S/C17H16ClF3N4O.CH4/c18-12-7-10(25-13-4-2-1-3-11(13)17(19,20)21)8-23-14(12)9-24-15(26)16(22)5-6-16;/h1-4,7-8,25H,5-6,9,22H2,(H,24,26);1H4. The van der Waals surface area contributed by atoms with Gasteiger partial charge in [0, 0.05) is 0 Å². The lowest BCUT2D eigenvalue weighted by Gasteiger charge is -2.15. The number of benzene rings is 1. The molecule has 3 rings (SSSR count). The Labute approximate surface area is 160 Å². The molecule has 5 nitrogen and oxygen atoms in total. The van der Waals surface area contributed by atoms with Crippen LogP contribution in [0, 0.1) is 0 Å². The van der Waals surface area contributed by atoms with E-state index in [1.807, 2.05) is 0 Å². The number of aromatic nitrogens is 1. The molecule has 1 aliphatic carbocycles. The number of halogens is 4. The summed E-state index contributed by atoms with van der Waals surface area (Å²) in [6.07, 6.45) is -1.84. The first-order valence-electron chi connectivity index (χ1n) is 7.84. The first-order chi connectivity index (χ1) is 12.2. The van der Waals surface area contributed by atoms with E-state index < -0.39 is 17.3 Å². The van der Waals surface area contributed by atoms with Crippen molar-refractivity contribution in [3.05, 3.63) is 52.8 Å². The van der Waals surface area contributed by atoms with E-state index in [9.17, 15) is 18.0 Å². The number of para-hydroxylation sites is 1. The van der Waals surface area contributed by atoms with Gasteiger partial charge in [-0.25, -0.2) is 0 Å². The molecular formula is C18H20ClF3N4O. The van der Waals surface area contributed by atoms with Crippen molar-refractivity contribution < 1.29 is 18.0 Å². The summed E-state index contributed by atoms with van der Waals surface area (Å²) in [6, 6.07) is 6.58. The Kier molecular flexibility index (Phi) is 6.01. The zero-order chi connectivity index (χ0) is 18.9. The van der Waals surface area contributed by atoms with Crippen LogP contribution in [0.3, 0.4) is 0 Å². The topological polar surface area (TPSA) is 80.0 Å². The molecule has 9 heteroatoms. The minimum atomic E-state index is -4.48. The van der Waals surface area contributed by atoms with E-state index >= 15 is 0 Å². The lowest BCUT2D eigenvalue weighted by Crippen LogP contribution is -2.42. The molecule has 1 amide bonds. The molecule has 27 heavy (non-hydrogen) atoms. The van der Waals surface area contributed by atoms with Gasteiger partial charge in [0.15, 0.2) is 0 Å². The Balaban J connectivity index is 0.00000261. The van der Waals surface area contributed by atoms with E-state index in [0.717, 1.165) is 6.07 Å². The Bertz CT molecular complexity index is 838. The largest absolute Gasteiger partial charge is 0.418 e. The number of hydrogen-bond acceptors (Lipinski definition) is 4. The predicted molar refractivity (Wildman–Crippen MR) is 98.7 cm³/mol. The summed E-state index contributed by atoms with van der Waals surface area (Å²) in [5.41, 5.74) is 4.81. The number of amides is 1. The van der Waals surface area contributed by atoms with Gasteiger partial charge in [-0.1, -0.05) is 31.2 Å². The first-order valence-corrected chi connectivity index (χ1v) is 8.22. The Morgan fingerprint density at radius 2 is 1.96 bits per heavy atom. The number of nitrogens with two attached hydrogens (primary N) is 1. The van der Waals surface area contributed by atoms with Crippen LogP contribution in [0.15, 0.2) is 36.5 Å². The average Bonchev–Trinajstić information content (AvgIpc) is 3.32. The summed E-state index contributed by atoms with van der Waals surface area (Å²) < 4.78 is 39.1. The van der Waals surface area contributed by atoms with Crippen molar-refractivity contribution in [3.63, 3.8) is 0 Å². The molecular weight excluding hydrogens is 381 g/mol. The SMILES string of the molecule is C.NC1(C(=O)NCc2ncc(Nc3ccccc3C(F)(F)F)cc2Cl)CC1. The fourth-order valence-corrected chi connectivity index (χ4v) is 2.59. The van der Waals surface area contributed by atoms with E-state index in [4.69, 9.17) is 17.3 Å². The van der Waals surface area contributed by atoms with Crippen LogP contribution in [-0.4, -0.2) is 16.4 Å². The third-order valence-electron chi connectivity index (χ3n) is 4.09. The van der Waals surface area contributed by atoms with Gasteiger partial charge in [-0.05, 0) is 31.0 Å². The van der Waals surface area contributed by atoms with Gasteiger partial charge in [0.1, 0.15) is 0 Å². The quantitative estimate of drug-likeness (QED) is 0.701. The maximum absolute atomic E-state index is 13.0. The maximum atomic E-state index is 13.0. The monoisotopic (exact) mass is 400 g/mol. The number of hydrogen-bond donors (Lipinski definition) is 3. The second-order valence-electron chi connectivity index (χ2n) is 6.16. The number of nitrogens with zero attached hydrogens (tertiary/aromatic N) is 1. The summed E-state index contributed by atoms with van der Waals surface area (Å²) in [7, 11) is 0. The number of alkyl halides is 3. The fraction of sp³-hybridized carbons (Fsp3) is 0.333. The van der Waals surface area contributed by atoms with Crippen LogP contribution in [0.1, 0.15) is 31.5 Å².